The van der Waals surface area contributed by atoms with Gasteiger partial charge in [0.15, 0.2) is 5.71 Å². The Hall–Kier alpha value is -5.68. The van der Waals surface area contributed by atoms with Crippen molar-refractivity contribution in [2.45, 2.75) is 81.0 Å². The van der Waals surface area contributed by atoms with Crippen LogP contribution in [0.3, 0.4) is 0 Å². The minimum Gasteiger partial charge on any atom is -0.348 e. The average molecular weight is 983 g/mol. The second-order valence-electron chi connectivity index (χ2n) is 16.6. The molecule has 17 nitrogen and oxygen atoms in total. The van der Waals surface area contributed by atoms with Crippen molar-refractivity contribution in [3.05, 3.63) is 143 Å². The molecule has 0 saturated heterocycles. The molecule has 0 aliphatic carbocycles. The molecule has 0 saturated carbocycles. The molecule has 66 heavy (non-hydrogen) atoms. The summed E-state index contributed by atoms with van der Waals surface area (Å²) in [7, 11) is -15.8. The lowest BCUT2D eigenvalue weighted by Gasteiger charge is -2.27. The first-order valence-electron chi connectivity index (χ1n) is 20.6. The van der Waals surface area contributed by atoms with Gasteiger partial charge < -0.3 is 10.2 Å². The summed E-state index contributed by atoms with van der Waals surface area (Å²) >= 11 is 0. The number of benzene rings is 3. The fraction of sp³-hybridized carbons (Fsp3) is 0.311. The Bertz CT molecular complexity index is 3100. The van der Waals surface area contributed by atoms with E-state index >= 15 is 0 Å². The zero-order valence-corrected chi connectivity index (χ0v) is 40.1. The first kappa shape index (κ1) is 51.3. The van der Waals surface area contributed by atoms with Crippen molar-refractivity contribution in [3.63, 3.8) is 0 Å². The van der Waals surface area contributed by atoms with Gasteiger partial charge in [-0.2, -0.15) is 21.4 Å². The van der Waals surface area contributed by atoms with Crippen LogP contribution in [0.1, 0.15) is 86.6 Å². The fourth-order valence-electron chi connectivity index (χ4n) is 8.04. The molecule has 5 N–H and O–H groups in total. The monoisotopic (exact) mass is 982 g/mol. The second kappa shape index (κ2) is 20.5. The number of hydrogen-bond acceptors (Lipinski definition) is 12. The first-order valence-corrected chi connectivity index (χ1v) is 26.2. The van der Waals surface area contributed by atoms with Gasteiger partial charge in [-0.25, -0.2) is 13.6 Å². The van der Waals surface area contributed by atoms with Crippen LogP contribution < -0.4 is 15.4 Å². The fourth-order valence-corrected chi connectivity index (χ4v) is 9.62. The van der Waals surface area contributed by atoms with E-state index in [1.54, 1.807) is 30.3 Å². The summed E-state index contributed by atoms with van der Waals surface area (Å²) in [6.07, 6.45) is 11.3. The quantitative estimate of drug-likeness (QED) is 0.0598. The van der Waals surface area contributed by atoms with E-state index in [-0.39, 0.29) is 40.3 Å². The predicted octanol–water partition coefficient (Wildman–Crippen LogP) is 5.68. The van der Waals surface area contributed by atoms with E-state index in [1.165, 1.54) is 36.0 Å². The van der Waals surface area contributed by atoms with Gasteiger partial charge in [0.1, 0.15) is 6.54 Å². The number of hydrogen-bond donors (Lipinski definition) is 4. The molecule has 0 bridgehead atoms. The van der Waals surface area contributed by atoms with Crippen LogP contribution in [0.5, 0.6) is 0 Å². The largest absolute Gasteiger partial charge is 0.425 e. The number of rotatable bonds is 16. The van der Waals surface area contributed by atoms with Crippen LogP contribution in [0.4, 0.5) is 11.4 Å². The number of amides is 1. The van der Waals surface area contributed by atoms with Gasteiger partial charge in [-0.1, -0.05) is 63.6 Å². The van der Waals surface area contributed by atoms with Crippen molar-refractivity contribution in [2.24, 2.45) is 5.14 Å². The Morgan fingerprint density at radius 2 is 1.56 bits per heavy atom. The number of anilines is 1. The number of aromatic nitrogens is 1. The highest BCUT2D eigenvalue weighted by molar-refractivity contribution is 7.89. The number of carbonyl (C=O) groups excluding carboxylic acids is 1. The average Bonchev–Trinajstić information content (AvgIpc) is 3.58. The molecule has 1 amide bonds. The van der Waals surface area contributed by atoms with Gasteiger partial charge >= 0.3 is 10.6 Å². The van der Waals surface area contributed by atoms with Gasteiger partial charge in [-0.05, 0) is 86.0 Å². The number of primary sulfonamides is 1. The van der Waals surface area contributed by atoms with Gasteiger partial charge in [0.25, 0.3) is 26.1 Å². The van der Waals surface area contributed by atoms with Crippen LogP contribution in [0.2, 0.25) is 0 Å². The third-order valence-electron chi connectivity index (χ3n) is 11.3. The van der Waals surface area contributed by atoms with Crippen molar-refractivity contribution in [1.29, 1.82) is 0 Å². The van der Waals surface area contributed by atoms with Crippen LogP contribution in [0, 0.1) is 0 Å². The molecule has 0 atom stereocenters. The smallest absolute Gasteiger partial charge is 0.348 e. The summed E-state index contributed by atoms with van der Waals surface area (Å²) in [6, 6.07) is 22.0. The maximum atomic E-state index is 13.3. The number of carbonyl (C=O) groups is 1. The van der Waals surface area contributed by atoms with E-state index in [4.69, 9.17) is 22.7 Å². The molecule has 3 heterocycles. The van der Waals surface area contributed by atoms with Crippen molar-refractivity contribution < 1.29 is 56.4 Å². The van der Waals surface area contributed by atoms with Gasteiger partial charge in [-0.3, -0.25) is 18.9 Å². The van der Waals surface area contributed by atoms with E-state index < -0.39 is 57.9 Å². The molecular weight excluding hydrogens is 931 g/mol. The zero-order chi connectivity index (χ0) is 48.8. The number of sulfonamides is 1. The molecule has 2 aliphatic rings. The lowest BCUT2D eigenvalue weighted by molar-refractivity contribution is -0.438. The molecule has 2 aliphatic heterocycles. The highest BCUT2D eigenvalue weighted by Gasteiger charge is 2.44. The predicted molar refractivity (Wildman–Crippen MR) is 250 cm³/mol. The molecule has 352 valence electrons. The number of unbranched alkanes of at least 4 members (excludes halogenated alkanes) is 1. The normalized spacial score (nSPS) is 16.2. The Morgan fingerprint density at radius 1 is 0.864 bits per heavy atom. The van der Waals surface area contributed by atoms with E-state index in [9.17, 15) is 39.2 Å². The summed E-state index contributed by atoms with van der Waals surface area (Å²) in [5.74, 6) is -0.924. The molecule has 0 spiro atoms. The van der Waals surface area contributed by atoms with Crippen LogP contribution in [-0.2, 0) is 58.2 Å². The number of fused-ring (bicyclic) bond motifs is 2. The molecule has 3 aromatic carbocycles. The van der Waals surface area contributed by atoms with Gasteiger partial charge in [-0.15, -0.1) is 12.6 Å². The third-order valence-corrected chi connectivity index (χ3v) is 13.9. The second-order valence-corrected chi connectivity index (χ2v) is 21.6. The first-order chi connectivity index (χ1) is 30.8. The maximum Gasteiger partial charge on any atom is 0.425 e. The Kier molecular flexibility index (Phi) is 15.9. The topological polar surface area (TPSA) is 268 Å². The minimum absolute atomic E-state index is 0.0430. The molecule has 6 rings (SSSR count). The minimum atomic E-state index is -4.54. The van der Waals surface area contributed by atoms with Crippen molar-refractivity contribution in [2.75, 3.05) is 23.7 Å². The third kappa shape index (κ3) is 12.4. The van der Waals surface area contributed by atoms with Crippen molar-refractivity contribution in [1.82, 2.24) is 10.3 Å². The molecule has 0 unspecified atom stereocenters. The van der Waals surface area contributed by atoms with Crippen LogP contribution in [0.25, 0.3) is 5.57 Å². The summed E-state index contributed by atoms with van der Waals surface area (Å²) in [5.41, 5.74) is 6.09. The number of nitrogens with two attached hydrogens (primary N) is 1. The van der Waals surface area contributed by atoms with Gasteiger partial charge in [0.05, 0.1) is 32.2 Å². The standard InChI is InChI=1S/C45H51N5O9S3.O3S/c1-6-7-24-49-39-15-9-8-14-36(39)44(2,3)41(49)22-17-32(38-20-16-33(30-47-38)43(51)48-29-31-12-10-13-34(27-31)61(46,55)56)18-23-42-45(4,5)37-28-35(62(57,58)59)19-21-40(37)50(42)25-11-26-60(52,53)54;1-4(2)3/h8-10,12-23,27-28,30H,6-7,11,24-26,29H2,1-5H3,(H4-,46,48,51,52,53,54,55,56,57,58,59);/p+1. The summed E-state index contributed by atoms with van der Waals surface area (Å²) < 4.78 is 119. The van der Waals surface area contributed by atoms with E-state index in [0.29, 0.717) is 33.8 Å². The molecule has 21 heteroatoms. The Morgan fingerprint density at radius 3 is 2.18 bits per heavy atom. The number of pyridine rings is 1. The van der Waals surface area contributed by atoms with E-state index in [0.717, 1.165) is 30.8 Å². The number of allylic oxidation sites excluding steroid dienone is 6. The summed E-state index contributed by atoms with van der Waals surface area (Å²) in [6.45, 7) is 11.3. The molecule has 0 radical (unpaired) electrons. The van der Waals surface area contributed by atoms with Crippen LogP contribution in [0.15, 0.2) is 125 Å². The van der Waals surface area contributed by atoms with Crippen LogP contribution in [-0.4, -0.2) is 87.0 Å². The number of nitrogens with one attached hydrogen (secondary N) is 1. The molecular formula is C45H52N5O12S4+. The maximum absolute atomic E-state index is 13.3. The van der Waals surface area contributed by atoms with Crippen LogP contribution >= 0.6 is 0 Å². The summed E-state index contributed by atoms with van der Waals surface area (Å²) in [5, 5.41) is 8.07. The number of nitrogens with zero attached hydrogens (tertiary/aromatic N) is 3. The Balaban J connectivity index is 0.00000196. The molecule has 1 aromatic heterocycles. The number of para-hydroxylation sites is 1. The van der Waals surface area contributed by atoms with Crippen molar-refractivity contribution in [3.8, 4) is 0 Å². The SMILES string of the molecule is CCCC[N+]1=C(/C=C/C(=C/C=C2/N(CCCS(=O)(=O)O)c3ccc(S(=O)(=O)O)cc3C2(C)C)c2ccc(C(=O)NCc3cccc(S(N)(=O)=O)c3)cn2)C(C)(C)c2ccccc21.O=S(=O)=O. The van der Waals surface area contributed by atoms with E-state index in [2.05, 4.69) is 48.9 Å². The summed E-state index contributed by atoms with van der Waals surface area (Å²) in [4.78, 5) is 19.5. The highest BCUT2D eigenvalue weighted by atomic mass is 32.2. The van der Waals surface area contributed by atoms with E-state index in [1.807, 2.05) is 49.1 Å². The van der Waals surface area contributed by atoms with Gasteiger partial charge in [0.2, 0.25) is 15.7 Å². The van der Waals surface area contributed by atoms with Gasteiger partial charge in [0, 0.05) is 65.8 Å². The Labute approximate surface area is 387 Å². The molecule has 4 aromatic rings. The zero-order valence-electron chi connectivity index (χ0n) is 36.9. The molecule has 0 fully saturated rings. The highest BCUT2D eigenvalue weighted by Crippen LogP contribution is 2.49. The lowest BCUT2D eigenvalue weighted by atomic mass is 9.81. The van der Waals surface area contributed by atoms with Crippen molar-refractivity contribution >= 4 is 69.4 Å². The lowest BCUT2D eigenvalue weighted by Crippen LogP contribution is -2.28.